The van der Waals surface area contributed by atoms with Crippen LogP contribution in [0.3, 0.4) is 0 Å². The Balaban J connectivity index is 3.92. The maximum atomic E-state index is 11.8. The molecular weight excluding hydrogens is 296 g/mol. The molecule has 0 aliphatic rings. The van der Waals surface area contributed by atoms with Crippen LogP contribution in [0.5, 0.6) is 0 Å². The molecule has 130 valence electrons. The zero-order valence-electron chi connectivity index (χ0n) is 13.2. The molecular formula is C14H26O8. The summed E-state index contributed by atoms with van der Waals surface area (Å²) < 4.78 is 25.0. The van der Waals surface area contributed by atoms with Gasteiger partial charge in [0.15, 0.2) is 0 Å². The van der Waals surface area contributed by atoms with Crippen LogP contribution < -0.4 is 0 Å². The highest BCUT2D eigenvalue weighted by molar-refractivity contribution is 5.79. The molecule has 0 aromatic heterocycles. The SMILES string of the molecule is COCCOCCOC(=O)C(CCOCCOC)CC(=O)O. The van der Waals surface area contributed by atoms with Crippen LogP contribution >= 0.6 is 0 Å². The molecule has 0 spiro atoms. The zero-order chi connectivity index (χ0) is 16.6. The average molecular weight is 322 g/mol. The molecule has 1 unspecified atom stereocenters. The number of carbonyl (C=O) groups excluding carboxylic acids is 1. The lowest BCUT2D eigenvalue weighted by Gasteiger charge is -2.14. The van der Waals surface area contributed by atoms with E-state index in [1.165, 1.54) is 0 Å². The first-order valence-corrected chi connectivity index (χ1v) is 7.13. The second-order valence-electron chi connectivity index (χ2n) is 4.46. The number of hydrogen-bond donors (Lipinski definition) is 1. The summed E-state index contributed by atoms with van der Waals surface area (Å²) in [5.41, 5.74) is 0. The van der Waals surface area contributed by atoms with Gasteiger partial charge in [0, 0.05) is 20.8 Å². The van der Waals surface area contributed by atoms with Crippen LogP contribution in [0, 0.1) is 5.92 Å². The number of aliphatic carboxylic acids is 1. The summed E-state index contributed by atoms with van der Waals surface area (Å²) in [6.45, 7) is 2.35. The highest BCUT2D eigenvalue weighted by atomic mass is 16.6. The van der Waals surface area contributed by atoms with Crippen molar-refractivity contribution in [1.82, 2.24) is 0 Å². The Bertz CT molecular complexity index is 295. The number of ether oxygens (including phenoxy) is 5. The summed E-state index contributed by atoms with van der Waals surface area (Å²) in [4.78, 5) is 22.6. The predicted octanol–water partition coefficient (Wildman–Crippen LogP) is 0.337. The van der Waals surface area contributed by atoms with E-state index in [2.05, 4.69) is 0 Å². The van der Waals surface area contributed by atoms with Crippen molar-refractivity contribution in [1.29, 1.82) is 0 Å². The van der Waals surface area contributed by atoms with Crippen molar-refractivity contribution < 1.29 is 38.4 Å². The van der Waals surface area contributed by atoms with Crippen LogP contribution in [0.1, 0.15) is 12.8 Å². The number of esters is 1. The molecule has 0 aromatic carbocycles. The molecule has 0 bridgehead atoms. The van der Waals surface area contributed by atoms with Gasteiger partial charge >= 0.3 is 11.9 Å². The van der Waals surface area contributed by atoms with Gasteiger partial charge in [-0.2, -0.15) is 0 Å². The smallest absolute Gasteiger partial charge is 0.309 e. The number of methoxy groups -OCH3 is 2. The highest BCUT2D eigenvalue weighted by Gasteiger charge is 2.23. The summed E-state index contributed by atoms with van der Waals surface area (Å²) >= 11 is 0. The van der Waals surface area contributed by atoms with Gasteiger partial charge in [0.2, 0.25) is 0 Å². The molecule has 0 fully saturated rings. The maximum absolute atomic E-state index is 11.8. The van der Waals surface area contributed by atoms with Crippen molar-refractivity contribution in [2.45, 2.75) is 12.8 Å². The molecule has 1 atom stereocenters. The fourth-order valence-corrected chi connectivity index (χ4v) is 1.55. The molecule has 0 aliphatic heterocycles. The molecule has 22 heavy (non-hydrogen) atoms. The minimum atomic E-state index is -1.05. The second kappa shape index (κ2) is 14.7. The normalized spacial score (nSPS) is 12.1. The van der Waals surface area contributed by atoms with E-state index in [9.17, 15) is 9.59 Å². The van der Waals surface area contributed by atoms with Crippen LogP contribution in [0.4, 0.5) is 0 Å². The summed E-state index contributed by atoms with van der Waals surface area (Å²) in [5.74, 6) is -2.32. The van der Waals surface area contributed by atoms with E-state index in [0.717, 1.165) is 0 Å². The Morgan fingerprint density at radius 2 is 1.41 bits per heavy atom. The van der Waals surface area contributed by atoms with Gasteiger partial charge < -0.3 is 28.8 Å². The Kier molecular flexibility index (Phi) is 13.9. The number of rotatable bonds is 15. The Hall–Kier alpha value is -1.22. The lowest BCUT2D eigenvalue weighted by molar-refractivity contribution is -0.155. The van der Waals surface area contributed by atoms with E-state index in [-0.39, 0.29) is 26.2 Å². The van der Waals surface area contributed by atoms with E-state index in [1.54, 1.807) is 14.2 Å². The molecule has 8 heteroatoms. The van der Waals surface area contributed by atoms with E-state index in [0.29, 0.717) is 32.8 Å². The minimum absolute atomic E-state index is 0.0865. The molecule has 8 nitrogen and oxygen atoms in total. The second-order valence-corrected chi connectivity index (χ2v) is 4.46. The fourth-order valence-electron chi connectivity index (χ4n) is 1.55. The van der Waals surface area contributed by atoms with Crippen LogP contribution in [0.15, 0.2) is 0 Å². The molecule has 0 amide bonds. The van der Waals surface area contributed by atoms with E-state index in [1.807, 2.05) is 0 Å². The topological polar surface area (TPSA) is 101 Å². The molecule has 0 saturated carbocycles. The van der Waals surface area contributed by atoms with Gasteiger partial charge in [0.05, 0.1) is 45.4 Å². The lowest BCUT2D eigenvalue weighted by atomic mass is 10.0. The number of carboxylic acid groups (broad SMARTS) is 1. The number of carboxylic acids is 1. The van der Waals surface area contributed by atoms with Gasteiger partial charge in [-0.3, -0.25) is 9.59 Å². The van der Waals surface area contributed by atoms with Crippen molar-refractivity contribution in [2.24, 2.45) is 5.92 Å². The quantitative estimate of drug-likeness (QED) is 0.340. The van der Waals surface area contributed by atoms with Gasteiger partial charge in [-0.15, -0.1) is 0 Å². The molecule has 1 N–H and O–H groups in total. The van der Waals surface area contributed by atoms with Gasteiger partial charge in [-0.25, -0.2) is 0 Å². The Labute approximate surface area is 130 Å². The van der Waals surface area contributed by atoms with Crippen LogP contribution in [0.2, 0.25) is 0 Å². The first-order chi connectivity index (χ1) is 10.6. The van der Waals surface area contributed by atoms with Crippen molar-refractivity contribution in [3.8, 4) is 0 Å². The summed E-state index contributed by atoms with van der Waals surface area (Å²) in [7, 11) is 3.12. The molecule has 0 heterocycles. The zero-order valence-corrected chi connectivity index (χ0v) is 13.2. The standard InChI is InChI=1S/C14H26O8/c1-18-5-7-20-4-3-12(11-13(15)16)14(17)22-10-9-21-8-6-19-2/h12H,3-11H2,1-2H3,(H,15,16). The minimum Gasteiger partial charge on any atom is -0.481 e. The highest BCUT2D eigenvalue weighted by Crippen LogP contribution is 2.11. The number of hydrogen-bond acceptors (Lipinski definition) is 7. The molecule has 0 rings (SSSR count). The fraction of sp³-hybridized carbons (Fsp3) is 0.857. The van der Waals surface area contributed by atoms with Crippen molar-refractivity contribution in [3.63, 3.8) is 0 Å². The van der Waals surface area contributed by atoms with Gasteiger partial charge in [-0.05, 0) is 6.42 Å². The van der Waals surface area contributed by atoms with Gasteiger partial charge in [0.1, 0.15) is 6.61 Å². The van der Waals surface area contributed by atoms with Crippen molar-refractivity contribution >= 4 is 11.9 Å². The third-order valence-electron chi connectivity index (χ3n) is 2.70. The van der Waals surface area contributed by atoms with Gasteiger partial charge in [-0.1, -0.05) is 0 Å². The average Bonchev–Trinajstić information content (AvgIpc) is 2.48. The lowest BCUT2D eigenvalue weighted by Crippen LogP contribution is -2.24. The Morgan fingerprint density at radius 1 is 0.864 bits per heavy atom. The van der Waals surface area contributed by atoms with E-state index < -0.39 is 17.9 Å². The molecule has 0 aliphatic carbocycles. The van der Waals surface area contributed by atoms with Crippen LogP contribution in [-0.2, 0) is 33.3 Å². The van der Waals surface area contributed by atoms with E-state index in [4.69, 9.17) is 28.8 Å². The molecule has 0 saturated heterocycles. The largest absolute Gasteiger partial charge is 0.481 e. The first-order valence-electron chi connectivity index (χ1n) is 7.13. The van der Waals surface area contributed by atoms with Gasteiger partial charge in [0.25, 0.3) is 0 Å². The first kappa shape index (κ1) is 20.8. The third kappa shape index (κ3) is 12.5. The number of carbonyl (C=O) groups is 2. The van der Waals surface area contributed by atoms with Crippen molar-refractivity contribution in [3.05, 3.63) is 0 Å². The van der Waals surface area contributed by atoms with E-state index >= 15 is 0 Å². The third-order valence-corrected chi connectivity index (χ3v) is 2.70. The summed E-state index contributed by atoms with van der Waals surface area (Å²) in [6, 6.07) is 0. The monoisotopic (exact) mass is 322 g/mol. The van der Waals surface area contributed by atoms with Crippen LogP contribution in [0.25, 0.3) is 0 Å². The molecule has 0 radical (unpaired) electrons. The Morgan fingerprint density at radius 3 is 1.95 bits per heavy atom. The molecule has 0 aromatic rings. The maximum Gasteiger partial charge on any atom is 0.309 e. The summed E-state index contributed by atoms with van der Waals surface area (Å²) in [6.07, 6.45) is 0.0103. The van der Waals surface area contributed by atoms with Crippen molar-refractivity contribution in [2.75, 3.05) is 60.5 Å². The van der Waals surface area contributed by atoms with Crippen LogP contribution in [-0.4, -0.2) is 77.5 Å². The predicted molar refractivity (Wildman–Crippen MR) is 76.7 cm³/mol. The summed E-state index contributed by atoms with van der Waals surface area (Å²) in [5, 5.41) is 8.84.